The molecule has 3 N–H and O–H groups in total. The van der Waals surface area contributed by atoms with E-state index in [0.717, 1.165) is 33.3 Å². The number of nitrogens with zero attached hydrogens (tertiary/aromatic N) is 1. The van der Waals surface area contributed by atoms with Gasteiger partial charge in [-0.3, -0.25) is 13.9 Å². The first kappa shape index (κ1) is 26.3. The van der Waals surface area contributed by atoms with Crippen LogP contribution in [0.1, 0.15) is 51.7 Å². The van der Waals surface area contributed by atoms with E-state index >= 15 is 0 Å². The summed E-state index contributed by atoms with van der Waals surface area (Å²) < 4.78 is 66.6. The van der Waals surface area contributed by atoms with Crippen molar-refractivity contribution in [2.75, 3.05) is 13.1 Å². The van der Waals surface area contributed by atoms with Gasteiger partial charge < -0.3 is 5.32 Å². The van der Waals surface area contributed by atoms with Gasteiger partial charge in [0, 0.05) is 37.9 Å². The van der Waals surface area contributed by atoms with Gasteiger partial charge in [-0.15, -0.1) is 0 Å². The van der Waals surface area contributed by atoms with Gasteiger partial charge in [0.1, 0.15) is 11.8 Å². The summed E-state index contributed by atoms with van der Waals surface area (Å²) in [5, 5.41) is 3.11. The molecular weight excluding hydrogens is 480 g/mol. The lowest BCUT2D eigenvalue weighted by atomic mass is 9.79. The second kappa shape index (κ2) is 9.03. The van der Waals surface area contributed by atoms with Crippen LogP contribution < -0.4 is 5.32 Å². The van der Waals surface area contributed by atoms with E-state index in [9.17, 15) is 26.2 Å². The quantitative estimate of drug-likeness (QED) is 0.365. The fraction of sp³-hybridized carbons (Fsp3) is 0.478. The minimum Gasteiger partial charge on any atom is -0.355 e. The largest absolute Gasteiger partial charge is 0.355 e. The zero-order valence-electron chi connectivity index (χ0n) is 19.9. The minimum atomic E-state index is -4.36. The minimum absolute atomic E-state index is 0.145. The Labute approximate surface area is 200 Å². The lowest BCUT2D eigenvalue weighted by molar-refractivity contribution is -0.439. The Morgan fingerprint density at radius 3 is 2.32 bits per heavy atom. The molecule has 1 atom stereocenters. The van der Waals surface area contributed by atoms with E-state index in [1.165, 1.54) is 19.1 Å². The van der Waals surface area contributed by atoms with Crippen molar-refractivity contribution in [2.24, 2.45) is 0 Å². The molecule has 0 bridgehead atoms. The van der Waals surface area contributed by atoms with Crippen LogP contribution in [-0.2, 0) is 30.4 Å². The molecule has 1 heterocycles. The normalized spacial score (nSPS) is 16.6. The van der Waals surface area contributed by atoms with Gasteiger partial charge in [0.15, 0.2) is 5.71 Å². The average molecular weight is 512 g/mol. The van der Waals surface area contributed by atoms with Gasteiger partial charge in [-0.2, -0.15) is 21.4 Å². The van der Waals surface area contributed by atoms with Crippen molar-refractivity contribution < 1.29 is 35.3 Å². The number of fused-ring (bicyclic) bond motifs is 3. The molecule has 0 aromatic heterocycles. The highest BCUT2D eigenvalue weighted by molar-refractivity contribution is 7.86. The van der Waals surface area contributed by atoms with E-state index in [2.05, 4.69) is 23.7 Å². The SMILES string of the molecule is CC1=[N+](CCCC(=O)NCC(C)S(=O)(=O)O)c2ccc3c(C)cc(S(=O)(=O)O)cc3c2C1(C)C. The summed E-state index contributed by atoms with van der Waals surface area (Å²) in [5.41, 5.74) is 3.26. The summed E-state index contributed by atoms with van der Waals surface area (Å²) in [6.45, 7) is 9.60. The molecule has 2 aromatic rings. The Hall–Kier alpha value is -2.34. The second-order valence-electron chi connectivity index (χ2n) is 9.37. The van der Waals surface area contributed by atoms with Crippen molar-refractivity contribution in [2.45, 2.75) is 63.0 Å². The van der Waals surface area contributed by atoms with E-state index in [4.69, 9.17) is 4.55 Å². The number of carbonyl (C=O) groups excluding carboxylic acids is 1. The highest BCUT2D eigenvalue weighted by atomic mass is 32.2. The number of amides is 1. The topological polar surface area (TPSA) is 141 Å². The first-order chi connectivity index (χ1) is 15.5. The van der Waals surface area contributed by atoms with Gasteiger partial charge >= 0.3 is 0 Å². The van der Waals surface area contributed by atoms with E-state index in [1.54, 1.807) is 6.92 Å². The maximum Gasteiger partial charge on any atom is 0.294 e. The fourth-order valence-electron chi connectivity index (χ4n) is 4.44. The summed E-state index contributed by atoms with van der Waals surface area (Å²) in [4.78, 5) is 12.0. The summed E-state index contributed by atoms with van der Waals surface area (Å²) in [7, 11) is -8.56. The highest BCUT2D eigenvalue weighted by Gasteiger charge is 2.44. The van der Waals surface area contributed by atoms with Crippen molar-refractivity contribution in [1.82, 2.24) is 5.32 Å². The summed E-state index contributed by atoms with van der Waals surface area (Å²) in [6, 6.07) is 6.90. The predicted octanol–water partition coefficient (Wildman–Crippen LogP) is 2.96. The third kappa shape index (κ3) is 5.02. The lowest BCUT2D eigenvalue weighted by Crippen LogP contribution is -2.34. The molecule has 0 aliphatic carbocycles. The number of aryl methyl sites for hydroxylation is 1. The molecule has 0 radical (unpaired) electrons. The molecule has 0 saturated carbocycles. The molecule has 11 heteroatoms. The molecule has 3 rings (SSSR count). The molecule has 1 aliphatic rings. The van der Waals surface area contributed by atoms with E-state index in [0.29, 0.717) is 13.0 Å². The molecule has 1 amide bonds. The van der Waals surface area contributed by atoms with Gasteiger partial charge in [0.2, 0.25) is 11.6 Å². The average Bonchev–Trinajstić information content (AvgIpc) is 2.91. The molecule has 0 fully saturated rings. The van der Waals surface area contributed by atoms with Gasteiger partial charge in [-0.1, -0.05) is 0 Å². The number of benzene rings is 2. The zero-order valence-corrected chi connectivity index (χ0v) is 21.5. The van der Waals surface area contributed by atoms with Crippen LogP contribution in [0.2, 0.25) is 0 Å². The first-order valence-electron chi connectivity index (χ1n) is 10.9. The summed E-state index contributed by atoms with van der Waals surface area (Å²) in [6.07, 6.45) is 0.679. The van der Waals surface area contributed by atoms with Gasteiger partial charge in [0.05, 0.1) is 10.3 Å². The number of hydrogen-bond acceptors (Lipinski definition) is 5. The van der Waals surface area contributed by atoms with Gasteiger partial charge in [-0.05, 0) is 62.2 Å². The monoisotopic (exact) mass is 511 g/mol. The Morgan fingerprint density at radius 1 is 1.09 bits per heavy atom. The van der Waals surface area contributed by atoms with Crippen molar-refractivity contribution in [3.05, 3.63) is 35.4 Å². The zero-order chi connectivity index (χ0) is 25.6. The van der Waals surface area contributed by atoms with Crippen LogP contribution in [0.25, 0.3) is 10.8 Å². The van der Waals surface area contributed by atoms with Crippen LogP contribution in [0.15, 0.2) is 29.2 Å². The fourth-order valence-corrected chi connectivity index (χ4v) is 5.33. The molecule has 9 nitrogen and oxygen atoms in total. The smallest absolute Gasteiger partial charge is 0.294 e. The van der Waals surface area contributed by atoms with Crippen molar-refractivity contribution >= 4 is 48.3 Å². The van der Waals surface area contributed by atoms with Gasteiger partial charge in [0.25, 0.3) is 20.2 Å². The molecule has 1 unspecified atom stereocenters. The standard InChI is InChI=1S/C23H30N2O7S2/c1-14-11-17(34(30,31)32)12-19-18(14)8-9-20-22(19)23(4,5)16(3)25(20)10-6-7-21(26)24-13-15(2)33(27,28)29/h8-9,11-12,15H,6-7,10,13H2,1-5H3,(H2-,24,26,27,28,29,30,31,32)/p+1. The summed E-state index contributed by atoms with van der Waals surface area (Å²) in [5.74, 6) is -0.307. The van der Waals surface area contributed by atoms with Crippen molar-refractivity contribution in [1.29, 1.82) is 0 Å². The number of nitrogens with one attached hydrogen (secondary N) is 1. The van der Waals surface area contributed by atoms with Crippen LogP contribution >= 0.6 is 0 Å². The van der Waals surface area contributed by atoms with Crippen LogP contribution in [-0.4, -0.2) is 60.5 Å². The number of hydrogen-bond donors (Lipinski definition) is 3. The van der Waals surface area contributed by atoms with Crippen LogP contribution in [0.5, 0.6) is 0 Å². The highest BCUT2D eigenvalue weighted by Crippen LogP contribution is 2.45. The Balaban J connectivity index is 1.87. The number of rotatable bonds is 8. The molecule has 1 aliphatic heterocycles. The molecule has 34 heavy (non-hydrogen) atoms. The van der Waals surface area contributed by atoms with E-state index in [1.807, 2.05) is 19.1 Å². The molecular formula is C23H31N2O7S2+. The molecule has 2 aromatic carbocycles. The summed E-state index contributed by atoms with van der Waals surface area (Å²) >= 11 is 0. The first-order valence-corrected chi connectivity index (χ1v) is 13.9. The number of carbonyl (C=O) groups is 1. The van der Waals surface area contributed by atoms with Crippen LogP contribution in [0, 0.1) is 6.92 Å². The Kier molecular flexibility index (Phi) is 6.97. The van der Waals surface area contributed by atoms with E-state index < -0.39 is 30.9 Å². The van der Waals surface area contributed by atoms with Crippen LogP contribution in [0.4, 0.5) is 5.69 Å². The van der Waals surface area contributed by atoms with Crippen molar-refractivity contribution in [3.8, 4) is 0 Å². The molecule has 0 spiro atoms. The third-order valence-corrected chi connectivity index (χ3v) is 8.71. The Morgan fingerprint density at radius 2 is 1.74 bits per heavy atom. The molecule has 186 valence electrons. The second-order valence-corrected chi connectivity index (χ2v) is 12.6. The van der Waals surface area contributed by atoms with Crippen molar-refractivity contribution in [3.63, 3.8) is 0 Å². The Bertz CT molecular complexity index is 1410. The van der Waals surface area contributed by atoms with Crippen LogP contribution in [0.3, 0.4) is 0 Å². The molecule has 0 saturated heterocycles. The maximum atomic E-state index is 12.2. The predicted molar refractivity (Wildman–Crippen MR) is 130 cm³/mol. The maximum absolute atomic E-state index is 12.2. The lowest BCUT2D eigenvalue weighted by Gasteiger charge is -2.18. The third-order valence-electron chi connectivity index (χ3n) is 6.70. The van der Waals surface area contributed by atoms with E-state index in [-0.39, 0.29) is 23.8 Å². The van der Waals surface area contributed by atoms with Gasteiger partial charge in [-0.25, -0.2) is 0 Å².